The van der Waals surface area contributed by atoms with Crippen LogP contribution in [0, 0.1) is 0 Å². The predicted octanol–water partition coefficient (Wildman–Crippen LogP) is 2.06. The van der Waals surface area contributed by atoms with Crippen LogP contribution in [0.3, 0.4) is 0 Å². The minimum Gasteiger partial charge on any atom is -0.364 e. The fraction of sp³-hybridized carbons (Fsp3) is 0.562. The molecular formula is C16H23ClN2O2S. The number of nitrogens with two attached hydrogens (primary N) is 1. The summed E-state index contributed by atoms with van der Waals surface area (Å²) in [6.45, 7) is 1.17. The van der Waals surface area contributed by atoms with Crippen molar-refractivity contribution in [3.63, 3.8) is 0 Å². The summed E-state index contributed by atoms with van der Waals surface area (Å²) in [5, 5.41) is 3.41. The third-order valence-corrected chi connectivity index (χ3v) is 5.48. The first kappa shape index (κ1) is 17.6. The molecule has 0 spiro atoms. The summed E-state index contributed by atoms with van der Waals surface area (Å²) >= 11 is 1.92. The van der Waals surface area contributed by atoms with E-state index in [2.05, 4.69) is 29.6 Å². The van der Waals surface area contributed by atoms with Crippen LogP contribution >= 0.6 is 24.2 Å². The molecule has 1 amide bonds. The van der Waals surface area contributed by atoms with Crippen molar-refractivity contribution in [1.29, 1.82) is 0 Å². The molecule has 22 heavy (non-hydrogen) atoms. The fourth-order valence-corrected chi connectivity index (χ4v) is 4.26. The van der Waals surface area contributed by atoms with Gasteiger partial charge >= 0.3 is 0 Å². The largest absolute Gasteiger partial charge is 0.364 e. The molecule has 3 rings (SSSR count). The third-order valence-electron chi connectivity index (χ3n) is 4.22. The number of benzene rings is 1. The summed E-state index contributed by atoms with van der Waals surface area (Å²) in [6.07, 6.45) is 2.51. The van der Waals surface area contributed by atoms with Gasteiger partial charge in [-0.05, 0) is 36.1 Å². The number of hydrogen-bond donors (Lipinski definition) is 2. The Morgan fingerprint density at radius 2 is 2.18 bits per heavy atom. The predicted molar refractivity (Wildman–Crippen MR) is 92.6 cm³/mol. The number of thioether (sulfide) groups is 1. The van der Waals surface area contributed by atoms with Crippen LogP contribution in [0.4, 0.5) is 0 Å². The van der Waals surface area contributed by atoms with Crippen molar-refractivity contribution in [2.45, 2.75) is 36.7 Å². The molecule has 1 aromatic carbocycles. The van der Waals surface area contributed by atoms with Gasteiger partial charge in [-0.1, -0.05) is 24.3 Å². The van der Waals surface area contributed by atoms with Crippen LogP contribution in [0.2, 0.25) is 0 Å². The van der Waals surface area contributed by atoms with Crippen LogP contribution in [0.1, 0.15) is 29.2 Å². The normalized spacial score (nSPS) is 26.9. The van der Waals surface area contributed by atoms with Gasteiger partial charge in [-0.2, -0.15) is 11.8 Å². The number of halogens is 1. The number of fused-ring (bicyclic) bond motifs is 1. The van der Waals surface area contributed by atoms with Crippen LogP contribution in [0.15, 0.2) is 24.3 Å². The van der Waals surface area contributed by atoms with Gasteiger partial charge in [-0.3, -0.25) is 4.79 Å². The van der Waals surface area contributed by atoms with Gasteiger partial charge in [0.1, 0.15) is 6.10 Å². The second-order valence-corrected chi connectivity index (χ2v) is 6.92. The second kappa shape index (κ2) is 8.20. The molecule has 3 atom stereocenters. The van der Waals surface area contributed by atoms with Gasteiger partial charge < -0.3 is 15.8 Å². The highest BCUT2D eigenvalue weighted by Gasteiger charge is 2.30. The summed E-state index contributed by atoms with van der Waals surface area (Å²) in [4.78, 5) is 12.2. The molecular weight excluding hydrogens is 320 g/mol. The van der Waals surface area contributed by atoms with E-state index >= 15 is 0 Å². The maximum absolute atomic E-state index is 12.2. The van der Waals surface area contributed by atoms with Crippen molar-refractivity contribution in [2.24, 2.45) is 5.73 Å². The van der Waals surface area contributed by atoms with Crippen LogP contribution < -0.4 is 11.1 Å². The number of nitrogens with one attached hydrogen (secondary N) is 1. The summed E-state index contributed by atoms with van der Waals surface area (Å²) in [7, 11) is 0. The van der Waals surface area contributed by atoms with Crippen molar-refractivity contribution in [3.05, 3.63) is 35.4 Å². The Hall–Kier alpha value is -0.750. The maximum atomic E-state index is 12.2. The molecule has 4 nitrogen and oxygen atoms in total. The van der Waals surface area contributed by atoms with Crippen molar-refractivity contribution in [1.82, 2.24) is 5.32 Å². The molecule has 122 valence electrons. The number of rotatable bonds is 4. The van der Waals surface area contributed by atoms with E-state index in [1.807, 2.05) is 11.8 Å². The Morgan fingerprint density at radius 1 is 1.36 bits per heavy atom. The summed E-state index contributed by atoms with van der Waals surface area (Å²) < 4.78 is 5.64. The van der Waals surface area contributed by atoms with E-state index in [1.54, 1.807) is 0 Å². The molecule has 0 radical (unpaired) electrons. The molecule has 0 bridgehead atoms. The molecule has 1 unspecified atom stereocenters. The van der Waals surface area contributed by atoms with Crippen LogP contribution in [0.25, 0.3) is 0 Å². The molecule has 6 heteroatoms. The zero-order valence-corrected chi connectivity index (χ0v) is 14.1. The number of amides is 1. The lowest BCUT2D eigenvalue weighted by atomic mass is 10.0. The minimum absolute atomic E-state index is 0. The molecule has 1 fully saturated rings. The van der Waals surface area contributed by atoms with E-state index in [0.29, 0.717) is 18.3 Å². The number of ether oxygens (including phenoxy) is 1. The van der Waals surface area contributed by atoms with Crippen molar-refractivity contribution in [2.75, 3.05) is 18.8 Å². The molecule has 2 heterocycles. The molecule has 0 saturated carbocycles. The lowest BCUT2D eigenvalue weighted by Crippen LogP contribution is -2.37. The number of hydrogen-bond acceptors (Lipinski definition) is 4. The van der Waals surface area contributed by atoms with Crippen molar-refractivity contribution < 1.29 is 9.53 Å². The van der Waals surface area contributed by atoms with E-state index in [0.717, 1.165) is 25.0 Å². The zero-order chi connectivity index (χ0) is 14.7. The average molecular weight is 343 g/mol. The molecule has 2 aliphatic heterocycles. The zero-order valence-electron chi connectivity index (χ0n) is 12.5. The average Bonchev–Trinajstić information content (AvgIpc) is 3.01. The highest BCUT2D eigenvalue weighted by molar-refractivity contribution is 7.99. The van der Waals surface area contributed by atoms with Gasteiger partial charge in [0.2, 0.25) is 5.91 Å². The molecule has 0 aliphatic carbocycles. The van der Waals surface area contributed by atoms with E-state index in [9.17, 15) is 4.79 Å². The van der Waals surface area contributed by atoms with E-state index in [4.69, 9.17) is 10.5 Å². The van der Waals surface area contributed by atoms with Gasteiger partial charge in [-0.15, -0.1) is 12.4 Å². The smallest absolute Gasteiger partial charge is 0.249 e. The summed E-state index contributed by atoms with van der Waals surface area (Å²) in [6, 6.07) is 8.53. The van der Waals surface area contributed by atoms with Crippen molar-refractivity contribution >= 4 is 30.1 Å². The van der Waals surface area contributed by atoms with Gasteiger partial charge in [0.25, 0.3) is 0 Å². The van der Waals surface area contributed by atoms with Gasteiger partial charge in [0, 0.05) is 18.3 Å². The van der Waals surface area contributed by atoms with Crippen LogP contribution in [0.5, 0.6) is 0 Å². The molecule has 2 aliphatic rings. The number of carbonyl (C=O) groups is 1. The first-order valence-corrected chi connectivity index (χ1v) is 8.65. The Labute approximate surface area is 142 Å². The molecule has 0 aromatic heterocycles. The third kappa shape index (κ3) is 3.96. The van der Waals surface area contributed by atoms with Gasteiger partial charge in [0.05, 0.1) is 6.10 Å². The lowest BCUT2D eigenvalue weighted by molar-refractivity contribution is -0.131. The standard InChI is InChI=1S/C16H22N2O2S.ClH/c17-9-12-5-6-14(20-12)16(19)18-10-15-13-4-2-1-3-11(13)7-8-21-15;/h1-4,12,14-15H,5-10,17H2,(H,18,19);1H/t12-,14+,15?;/m1./s1. The topological polar surface area (TPSA) is 64.4 Å². The van der Waals surface area contributed by atoms with Gasteiger partial charge in [0.15, 0.2) is 0 Å². The SMILES string of the molecule is Cl.NC[C@H]1CC[C@@H](C(=O)NCC2SCCc3ccccc32)O1. The Balaban J connectivity index is 0.00000176. The molecule has 3 N–H and O–H groups in total. The Bertz CT molecular complexity index is 515. The number of aryl methyl sites for hydroxylation is 1. The van der Waals surface area contributed by atoms with Crippen LogP contribution in [-0.2, 0) is 16.0 Å². The first-order valence-electron chi connectivity index (χ1n) is 7.60. The molecule has 1 aromatic rings. The maximum Gasteiger partial charge on any atom is 0.249 e. The second-order valence-electron chi connectivity index (χ2n) is 5.61. The van der Waals surface area contributed by atoms with E-state index < -0.39 is 0 Å². The summed E-state index contributed by atoms with van der Waals surface area (Å²) in [5.41, 5.74) is 8.36. The van der Waals surface area contributed by atoms with E-state index in [-0.39, 0.29) is 30.5 Å². The quantitative estimate of drug-likeness (QED) is 0.879. The first-order chi connectivity index (χ1) is 10.3. The van der Waals surface area contributed by atoms with Crippen molar-refractivity contribution in [3.8, 4) is 0 Å². The fourth-order valence-electron chi connectivity index (χ4n) is 3.02. The lowest BCUT2D eigenvalue weighted by Gasteiger charge is -2.25. The minimum atomic E-state index is -0.317. The monoisotopic (exact) mass is 342 g/mol. The molecule has 1 saturated heterocycles. The highest BCUT2D eigenvalue weighted by atomic mass is 35.5. The van der Waals surface area contributed by atoms with Gasteiger partial charge in [-0.25, -0.2) is 0 Å². The van der Waals surface area contributed by atoms with E-state index in [1.165, 1.54) is 11.1 Å². The highest BCUT2D eigenvalue weighted by Crippen LogP contribution is 2.36. The van der Waals surface area contributed by atoms with Crippen LogP contribution in [-0.4, -0.2) is 37.0 Å². The number of carbonyl (C=O) groups excluding carboxylic acids is 1. The summed E-state index contributed by atoms with van der Waals surface area (Å²) in [5.74, 6) is 1.13. The Morgan fingerprint density at radius 3 is 2.95 bits per heavy atom. The Kier molecular flexibility index (Phi) is 6.56.